The third-order valence-corrected chi connectivity index (χ3v) is 4.62. The highest BCUT2D eigenvalue weighted by Gasteiger charge is 2.20. The first-order valence-electron chi connectivity index (χ1n) is 9.50. The number of ether oxygens (including phenoxy) is 1. The van der Waals surface area contributed by atoms with E-state index in [9.17, 15) is 9.59 Å². The molecule has 5 heteroatoms. The lowest BCUT2D eigenvalue weighted by molar-refractivity contribution is -0.137. The zero-order valence-corrected chi connectivity index (χ0v) is 16.5. The number of likely N-dealkylation sites (N-methyl/N-ethyl adjacent to an activating group) is 1. The smallest absolute Gasteiger partial charge is 0.336 e. The molecule has 0 fully saturated rings. The van der Waals surface area contributed by atoms with Crippen molar-refractivity contribution >= 4 is 16.9 Å². The Balaban J connectivity index is 1.74. The van der Waals surface area contributed by atoms with Crippen LogP contribution in [0.15, 0.2) is 63.8 Å². The van der Waals surface area contributed by atoms with Crippen molar-refractivity contribution in [3.05, 3.63) is 76.1 Å². The second kappa shape index (κ2) is 8.74. The van der Waals surface area contributed by atoms with Gasteiger partial charge in [0.05, 0.1) is 0 Å². The molecule has 0 aliphatic heterocycles. The molecule has 146 valence electrons. The number of nitrogens with zero attached hydrogens (tertiary/aromatic N) is 1. The first kappa shape index (κ1) is 19.7. The van der Waals surface area contributed by atoms with Gasteiger partial charge in [0.15, 0.2) is 6.10 Å². The van der Waals surface area contributed by atoms with Gasteiger partial charge in [-0.2, -0.15) is 0 Å². The molecule has 0 saturated heterocycles. The molecule has 0 unspecified atom stereocenters. The van der Waals surface area contributed by atoms with Gasteiger partial charge in [-0.05, 0) is 36.6 Å². The van der Waals surface area contributed by atoms with E-state index in [1.807, 2.05) is 42.5 Å². The lowest BCUT2D eigenvalue weighted by Gasteiger charge is -2.22. The van der Waals surface area contributed by atoms with Crippen LogP contribution in [0.1, 0.15) is 31.4 Å². The van der Waals surface area contributed by atoms with Crippen molar-refractivity contribution < 1.29 is 13.9 Å². The Morgan fingerprint density at radius 3 is 2.61 bits per heavy atom. The largest absolute Gasteiger partial charge is 0.481 e. The Hall–Kier alpha value is -3.08. The molecule has 3 rings (SSSR count). The molecule has 0 saturated carbocycles. The first-order valence-corrected chi connectivity index (χ1v) is 9.50. The van der Waals surface area contributed by atoms with Crippen molar-refractivity contribution in [3.63, 3.8) is 0 Å². The van der Waals surface area contributed by atoms with Crippen LogP contribution >= 0.6 is 0 Å². The quantitative estimate of drug-likeness (QED) is 0.578. The first-order chi connectivity index (χ1) is 13.5. The van der Waals surface area contributed by atoms with Crippen LogP contribution in [-0.4, -0.2) is 24.0 Å². The maximum Gasteiger partial charge on any atom is 0.336 e. The summed E-state index contributed by atoms with van der Waals surface area (Å²) in [5.41, 5.74) is 2.12. The number of hydrogen-bond acceptors (Lipinski definition) is 4. The predicted octanol–water partition coefficient (Wildman–Crippen LogP) is 4.17. The summed E-state index contributed by atoms with van der Waals surface area (Å²) >= 11 is 0. The molecule has 1 aromatic heterocycles. The Labute approximate surface area is 164 Å². The standard InChI is InChI=1S/C23H25NO4/c1-4-8-18-13-22(25)28-21-14-19(11-12-20(18)21)27-16(2)23(26)24(3)15-17-9-6-5-7-10-17/h5-7,9-14,16H,4,8,15H2,1-3H3/t16-/m0/s1. The Bertz CT molecular complexity index is 1010. The number of fused-ring (bicyclic) bond motifs is 1. The second-order valence-electron chi connectivity index (χ2n) is 6.94. The van der Waals surface area contributed by atoms with Crippen LogP contribution in [0, 0.1) is 0 Å². The molecule has 1 amide bonds. The number of rotatable bonds is 7. The minimum atomic E-state index is -0.656. The number of carbonyl (C=O) groups excluding carboxylic acids is 1. The average molecular weight is 379 g/mol. The van der Waals surface area contributed by atoms with Gasteiger partial charge in [0.2, 0.25) is 0 Å². The topological polar surface area (TPSA) is 59.8 Å². The molecular formula is C23H25NO4. The van der Waals surface area contributed by atoms with Crippen LogP contribution < -0.4 is 10.4 Å². The third-order valence-electron chi connectivity index (χ3n) is 4.62. The van der Waals surface area contributed by atoms with E-state index < -0.39 is 6.10 Å². The summed E-state index contributed by atoms with van der Waals surface area (Å²) in [7, 11) is 1.76. The van der Waals surface area contributed by atoms with Gasteiger partial charge in [-0.25, -0.2) is 4.79 Å². The molecule has 0 N–H and O–H groups in total. The molecule has 2 aromatic carbocycles. The molecule has 0 spiro atoms. The van der Waals surface area contributed by atoms with Gasteiger partial charge in [0, 0.05) is 31.1 Å². The Kier molecular flexibility index (Phi) is 6.14. The van der Waals surface area contributed by atoms with Gasteiger partial charge in [0.1, 0.15) is 11.3 Å². The second-order valence-corrected chi connectivity index (χ2v) is 6.94. The molecule has 1 heterocycles. The lowest BCUT2D eigenvalue weighted by Crippen LogP contribution is -2.37. The van der Waals surface area contributed by atoms with E-state index in [0.29, 0.717) is 17.9 Å². The molecule has 0 aliphatic carbocycles. The zero-order valence-electron chi connectivity index (χ0n) is 16.5. The van der Waals surface area contributed by atoms with Gasteiger partial charge in [-0.3, -0.25) is 4.79 Å². The number of carbonyl (C=O) groups is 1. The normalized spacial score (nSPS) is 12.0. The summed E-state index contributed by atoms with van der Waals surface area (Å²) in [4.78, 5) is 26.1. The number of amides is 1. The summed E-state index contributed by atoms with van der Waals surface area (Å²) in [6, 6.07) is 16.7. The maximum atomic E-state index is 12.6. The molecule has 0 aliphatic rings. The molecule has 0 radical (unpaired) electrons. The van der Waals surface area contributed by atoms with Gasteiger partial charge in [-0.1, -0.05) is 43.7 Å². The molecule has 1 atom stereocenters. The van der Waals surface area contributed by atoms with Crippen LogP contribution in [0.4, 0.5) is 0 Å². The SMILES string of the molecule is CCCc1cc(=O)oc2cc(O[C@@H](C)C(=O)N(C)Cc3ccccc3)ccc12. The molecule has 3 aromatic rings. The minimum Gasteiger partial charge on any atom is -0.481 e. The van der Waals surface area contributed by atoms with Crippen molar-refractivity contribution in [2.45, 2.75) is 39.3 Å². The van der Waals surface area contributed by atoms with E-state index in [-0.39, 0.29) is 11.5 Å². The van der Waals surface area contributed by atoms with Crippen LogP contribution in [-0.2, 0) is 17.8 Å². The predicted molar refractivity (Wildman–Crippen MR) is 109 cm³/mol. The Morgan fingerprint density at radius 1 is 1.14 bits per heavy atom. The fourth-order valence-corrected chi connectivity index (χ4v) is 3.26. The van der Waals surface area contributed by atoms with Crippen molar-refractivity contribution in [2.24, 2.45) is 0 Å². The van der Waals surface area contributed by atoms with Gasteiger partial charge in [0.25, 0.3) is 5.91 Å². The van der Waals surface area contributed by atoms with Crippen molar-refractivity contribution in [1.82, 2.24) is 4.90 Å². The van der Waals surface area contributed by atoms with E-state index in [1.54, 1.807) is 24.9 Å². The van der Waals surface area contributed by atoms with Gasteiger partial charge in [-0.15, -0.1) is 0 Å². The number of benzene rings is 2. The molecule has 28 heavy (non-hydrogen) atoms. The highest BCUT2D eigenvalue weighted by molar-refractivity contribution is 5.83. The van der Waals surface area contributed by atoms with Crippen LogP contribution in [0.3, 0.4) is 0 Å². The van der Waals surface area contributed by atoms with E-state index in [2.05, 4.69) is 6.92 Å². The monoisotopic (exact) mass is 379 g/mol. The Morgan fingerprint density at radius 2 is 1.89 bits per heavy atom. The van der Waals surface area contributed by atoms with E-state index in [0.717, 1.165) is 29.4 Å². The zero-order chi connectivity index (χ0) is 20.1. The van der Waals surface area contributed by atoms with Crippen LogP contribution in [0.5, 0.6) is 5.75 Å². The summed E-state index contributed by atoms with van der Waals surface area (Å²) in [6.07, 6.45) is 1.09. The van der Waals surface area contributed by atoms with Crippen molar-refractivity contribution in [3.8, 4) is 5.75 Å². The maximum absolute atomic E-state index is 12.6. The summed E-state index contributed by atoms with van der Waals surface area (Å²) < 4.78 is 11.2. The van der Waals surface area contributed by atoms with Crippen LogP contribution in [0.2, 0.25) is 0 Å². The summed E-state index contributed by atoms with van der Waals surface area (Å²) in [5.74, 6) is 0.378. The lowest BCUT2D eigenvalue weighted by atomic mass is 10.1. The van der Waals surface area contributed by atoms with Crippen molar-refractivity contribution in [1.29, 1.82) is 0 Å². The van der Waals surface area contributed by atoms with Gasteiger partial charge < -0.3 is 14.1 Å². The fraction of sp³-hybridized carbons (Fsp3) is 0.304. The van der Waals surface area contributed by atoms with Crippen LogP contribution in [0.25, 0.3) is 11.0 Å². The van der Waals surface area contributed by atoms with E-state index in [4.69, 9.17) is 9.15 Å². The summed E-state index contributed by atoms with van der Waals surface area (Å²) in [6.45, 7) is 4.30. The molecular weight excluding hydrogens is 354 g/mol. The highest BCUT2D eigenvalue weighted by Crippen LogP contribution is 2.24. The average Bonchev–Trinajstić information content (AvgIpc) is 2.68. The van der Waals surface area contributed by atoms with Gasteiger partial charge >= 0.3 is 5.63 Å². The molecule has 0 bridgehead atoms. The number of hydrogen-bond donors (Lipinski definition) is 0. The third kappa shape index (κ3) is 4.60. The summed E-state index contributed by atoms with van der Waals surface area (Å²) in [5, 5.41) is 0.897. The highest BCUT2D eigenvalue weighted by atomic mass is 16.5. The van der Waals surface area contributed by atoms with Crippen molar-refractivity contribution in [2.75, 3.05) is 7.05 Å². The molecule has 5 nitrogen and oxygen atoms in total. The van der Waals surface area contributed by atoms with E-state index in [1.165, 1.54) is 6.07 Å². The minimum absolute atomic E-state index is 0.120. The number of aryl methyl sites for hydroxylation is 1. The fourth-order valence-electron chi connectivity index (χ4n) is 3.26. The van der Waals surface area contributed by atoms with E-state index >= 15 is 0 Å².